The first kappa shape index (κ1) is 16.6. The van der Waals surface area contributed by atoms with Crippen molar-refractivity contribution >= 4 is 15.8 Å². The smallest absolute Gasteiger partial charge is 0.382 e. The summed E-state index contributed by atoms with van der Waals surface area (Å²) in [6.07, 6.45) is -7.69. The molecule has 1 rings (SSSR count). The predicted octanol–water partition coefficient (Wildman–Crippen LogP) is 1.09. The van der Waals surface area contributed by atoms with Gasteiger partial charge in [0.15, 0.2) is 11.9 Å². The van der Waals surface area contributed by atoms with E-state index < -0.39 is 28.8 Å². The Kier molecular flexibility index (Phi) is 4.90. The van der Waals surface area contributed by atoms with Gasteiger partial charge in [0.05, 0.1) is 4.90 Å². The van der Waals surface area contributed by atoms with Crippen molar-refractivity contribution in [2.24, 2.45) is 0 Å². The third kappa shape index (κ3) is 4.29. The third-order valence-corrected chi connectivity index (χ3v) is 3.86. The minimum atomic E-state index is -4.90. The van der Waals surface area contributed by atoms with E-state index in [4.69, 9.17) is 5.11 Å². The topological polar surface area (TPSA) is 83.5 Å². The zero-order chi connectivity index (χ0) is 15.6. The maximum absolute atomic E-state index is 12.0. The lowest BCUT2D eigenvalue weighted by Gasteiger charge is -2.15. The van der Waals surface area contributed by atoms with Crippen molar-refractivity contribution in [3.63, 3.8) is 0 Å². The molecule has 0 amide bonds. The summed E-state index contributed by atoms with van der Waals surface area (Å²) < 4.78 is 61.1. The lowest BCUT2D eigenvalue weighted by atomic mass is 10.2. The van der Waals surface area contributed by atoms with Crippen LogP contribution in [0.3, 0.4) is 0 Å². The number of nitrogens with one attached hydrogen (secondary N) is 1. The molecule has 1 aromatic rings. The Balaban J connectivity index is 2.82. The molecule has 1 atom stereocenters. The van der Waals surface area contributed by atoms with E-state index in [9.17, 15) is 26.4 Å². The lowest BCUT2D eigenvalue weighted by Crippen LogP contribution is -2.40. The van der Waals surface area contributed by atoms with Gasteiger partial charge < -0.3 is 5.11 Å². The summed E-state index contributed by atoms with van der Waals surface area (Å²) in [5, 5.41) is 8.72. The monoisotopic (exact) mass is 311 g/mol. The van der Waals surface area contributed by atoms with E-state index in [-0.39, 0.29) is 16.2 Å². The van der Waals surface area contributed by atoms with Crippen LogP contribution in [0.4, 0.5) is 13.2 Å². The molecule has 5 nitrogen and oxygen atoms in total. The normalized spacial score (nSPS) is 14.1. The average Bonchev–Trinajstić information content (AvgIpc) is 2.35. The summed E-state index contributed by atoms with van der Waals surface area (Å²) in [4.78, 5) is 10.7. The first-order chi connectivity index (χ1) is 9.04. The Morgan fingerprint density at radius 3 is 2.20 bits per heavy atom. The highest BCUT2D eigenvalue weighted by atomic mass is 32.2. The first-order valence-electron chi connectivity index (χ1n) is 5.39. The van der Waals surface area contributed by atoms with Crippen LogP contribution in [0.2, 0.25) is 0 Å². The number of rotatable bonds is 5. The summed E-state index contributed by atoms with van der Waals surface area (Å²) in [6.45, 7) is 0.113. The summed E-state index contributed by atoms with van der Waals surface area (Å²) in [5.74, 6) is -0.269. The largest absolute Gasteiger partial charge is 0.415 e. The summed E-state index contributed by atoms with van der Waals surface area (Å²) in [6, 6.07) is 4.69. The number of carbonyl (C=O) groups excluding carboxylic acids is 1. The molecule has 0 aliphatic carbocycles. The fourth-order valence-electron chi connectivity index (χ4n) is 1.26. The number of benzene rings is 1. The summed E-state index contributed by atoms with van der Waals surface area (Å²) >= 11 is 0. The molecule has 2 N–H and O–H groups in total. The van der Waals surface area contributed by atoms with Gasteiger partial charge in [0.25, 0.3) is 0 Å². The molecule has 0 aliphatic rings. The van der Waals surface area contributed by atoms with Gasteiger partial charge in [0, 0.05) is 12.1 Å². The van der Waals surface area contributed by atoms with E-state index in [0.717, 1.165) is 12.1 Å². The van der Waals surface area contributed by atoms with Crippen LogP contribution in [0.5, 0.6) is 0 Å². The molecular formula is C11H12F3NO4S. The first-order valence-corrected chi connectivity index (χ1v) is 6.88. The zero-order valence-electron chi connectivity index (χ0n) is 10.3. The van der Waals surface area contributed by atoms with E-state index in [0.29, 0.717) is 0 Å². The fraction of sp³-hybridized carbons (Fsp3) is 0.364. The van der Waals surface area contributed by atoms with Crippen LogP contribution in [0.25, 0.3) is 0 Å². The Hall–Kier alpha value is -1.45. The standard InChI is InChI=1S/C11H12F3NO4S/c1-7(16)8-2-4-9(5-3-8)20(18,19)15-6-10(17)11(12,13)14/h2-5,10,15,17H,6H2,1H3. The summed E-state index contributed by atoms with van der Waals surface area (Å²) in [5.41, 5.74) is 0.277. The lowest BCUT2D eigenvalue weighted by molar-refractivity contribution is -0.200. The number of sulfonamides is 1. The van der Waals surface area contributed by atoms with Crippen molar-refractivity contribution < 1.29 is 31.5 Å². The third-order valence-electron chi connectivity index (χ3n) is 2.42. The highest BCUT2D eigenvalue weighted by Crippen LogP contribution is 2.20. The molecular weight excluding hydrogens is 299 g/mol. The second-order valence-electron chi connectivity index (χ2n) is 3.99. The molecule has 0 fully saturated rings. The van der Waals surface area contributed by atoms with Gasteiger partial charge in [-0.2, -0.15) is 13.2 Å². The van der Waals surface area contributed by atoms with Gasteiger partial charge in [0.2, 0.25) is 10.0 Å². The van der Waals surface area contributed by atoms with Crippen LogP contribution in [-0.2, 0) is 10.0 Å². The molecule has 0 saturated carbocycles. The molecule has 0 saturated heterocycles. The molecule has 9 heteroatoms. The maximum Gasteiger partial charge on any atom is 0.415 e. The van der Waals surface area contributed by atoms with Crippen molar-refractivity contribution in [2.45, 2.75) is 24.1 Å². The van der Waals surface area contributed by atoms with Crippen molar-refractivity contribution in [1.29, 1.82) is 0 Å². The number of hydrogen-bond donors (Lipinski definition) is 2. The Labute approximate surface area is 113 Å². The minimum absolute atomic E-state index is 0.269. The van der Waals surface area contributed by atoms with E-state index in [1.54, 1.807) is 4.72 Å². The number of Topliss-reactive ketones (excluding diaryl/α,β-unsaturated/α-hetero) is 1. The van der Waals surface area contributed by atoms with Gasteiger partial charge in [-0.15, -0.1) is 0 Å². The zero-order valence-corrected chi connectivity index (χ0v) is 11.1. The fourth-order valence-corrected chi connectivity index (χ4v) is 2.29. The van der Waals surface area contributed by atoms with Crippen LogP contribution in [0.15, 0.2) is 29.2 Å². The van der Waals surface area contributed by atoms with E-state index >= 15 is 0 Å². The Morgan fingerprint density at radius 1 is 1.30 bits per heavy atom. The molecule has 112 valence electrons. The van der Waals surface area contributed by atoms with Crippen LogP contribution < -0.4 is 4.72 Å². The molecule has 20 heavy (non-hydrogen) atoms. The van der Waals surface area contributed by atoms with Gasteiger partial charge in [-0.25, -0.2) is 13.1 Å². The second kappa shape index (κ2) is 5.90. The van der Waals surface area contributed by atoms with Crippen molar-refractivity contribution in [1.82, 2.24) is 4.72 Å². The summed E-state index contributed by atoms with van der Waals surface area (Å²) in [7, 11) is -4.18. The number of ketones is 1. The van der Waals surface area contributed by atoms with Crippen molar-refractivity contribution in [2.75, 3.05) is 6.54 Å². The molecule has 0 aromatic heterocycles. The number of aliphatic hydroxyl groups excluding tert-OH is 1. The molecule has 1 aromatic carbocycles. The van der Waals surface area contributed by atoms with Crippen LogP contribution in [-0.4, -0.2) is 38.1 Å². The number of halogens is 3. The number of hydrogen-bond acceptors (Lipinski definition) is 4. The van der Waals surface area contributed by atoms with Gasteiger partial charge in [-0.3, -0.25) is 4.79 Å². The number of carbonyl (C=O) groups is 1. The Bertz CT molecular complexity index is 581. The predicted molar refractivity (Wildman–Crippen MR) is 63.7 cm³/mol. The second-order valence-corrected chi connectivity index (χ2v) is 5.76. The van der Waals surface area contributed by atoms with Crippen LogP contribution in [0, 0.1) is 0 Å². The van der Waals surface area contributed by atoms with Crippen molar-refractivity contribution in [3.8, 4) is 0 Å². The molecule has 0 bridgehead atoms. The minimum Gasteiger partial charge on any atom is -0.382 e. The SMILES string of the molecule is CC(=O)c1ccc(S(=O)(=O)NCC(O)C(F)(F)F)cc1. The quantitative estimate of drug-likeness (QED) is 0.797. The van der Waals surface area contributed by atoms with Crippen LogP contribution in [0.1, 0.15) is 17.3 Å². The van der Waals surface area contributed by atoms with Gasteiger partial charge >= 0.3 is 6.18 Å². The maximum atomic E-state index is 12.0. The number of aliphatic hydroxyl groups is 1. The van der Waals surface area contributed by atoms with Crippen LogP contribution >= 0.6 is 0 Å². The molecule has 0 radical (unpaired) electrons. The van der Waals surface area contributed by atoms with E-state index in [1.807, 2.05) is 0 Å². The molecule has 0 aliphatic heterocycles. The average molecular weight is 311 g/mol. The Morgan fingerprint density at radius 2 is 1.80 bits per heavy atom. The van der Waals surface area contributed by atoms with Gasteiger partial charge in [-0.05, 0) is 19.1 Å². The van der Waals surface area contributed by atoms with Gasteiger partial charge in [0.1, 0.15) is 0 Å². The van der Waals surface area contributed by atoms with Gasteiger partial charge in [-0.1, -0.05) is 12.1 Å². The molecule has 1 unspecified atom stereocenters. The highest BCUT2D eigenvalue weighted by Gasteiger charge is 2.38. The molecule has 0 spiro atoms. The number of alkyl halides is 3. The van der Waals surface area contributed by atoms with E-state index in [2.05, 4.69) is 0 Å². The molecule has 0 heterocycles. The highest BCUT2D eigenvalue weighted by molar-refractivity contribution is 7.89. The van der Waals surface area contributed by atoms with E-state index in [1.165, 1.54) is 19.1 Å². The van der Waals surface area contributed by atoms with Crippen molar-refractivity contribution in [3.05, 3.63) is 29.8 Å².